The second kappa shape index (κ2) is 4.84. The van der Waals surface area contributed by atoms with E-state index >= 15 is 0 Å². The molecule has 1 aromatic heterocycles. The predicted molar refractivity (Wildman–Crippen MR) is 67.2 cm³/mol. The van der Waals surface area contributed by atoms with E-state index in [2.05, 4.69) is 6.07 Å². The second-order valence-corrected chi connectivity index (χ2v) is 4.14. The first-order valence-corrected chi connectivity index (χ1v) is 5.66. The second-order valence-electron chi connectivity index (χ2n) is 4.14. The van der Waals surface area contributed by atoms with E-state index in [4.69, 9.17) is 5.26 Å². The van der Waals surface area contributed by atoms with Crippen LogP contribution in [-0.2, 0) is 4.79 Å². The highest BCUT2D eigenvalue weighted by molar-refractivity contribution is 5.96. The summed E-state index contributed by atoms with van der Waals surface area (Å²) in [7, 11) is 0. The summed E-state index contributed by atoms with van der Waals surface area (Å²) in [5, 5.41) is 9.78. The third kappa shape index (κ3) is 2.16. The summed E-state index contributed by atoms with van der Waals surface area (Å²) in [5.74, 6) is -0.178. The highest BCUT2D eigenvalue weighted by Crippen LogP contribution is 2.21. The lowest BCUT2D eigenvalue weighted by atomic mass is 10.2. The molecule has 90 valence electrons. The van der Waals surface area contributed by atoms with Crippen LogP contribution in [0.5, 0.6) is 0 Å². The Morgan fingerprint density at radius 3 is 2.67 bits per heavy atom. The van der Waals surface area contributed by atoms with Crippen LogP contribution in [0.15, 0.2) is 30.5 Å². The van der Waals surface area contributed by atoms with Gasteiger partial charge < -0.3 is 4.79 Å². The van der Waals surface area contributed by atoms with Gasteiger partial charge in [0.15, 0.2) is 0 Å². The molecule has 1 heterocycles. The molecular weight excluding hydrogens is 228 g/mol. The zero-order valence-corrected chi connectivity index (χ0v) is 10.0. The maximum atomic E-state index is 12.0. The minimum absolute atomic E-state index is 0.0136. The number of hydrogen-bond acceptors (Lipinski definition) is 3. The summed E-state index contributed by atoms with van der Waals surface area (Å²) < 4.78 is 1.46. The summed E-state index contributed by atoms with van der Waals surface area (Å²) in [6, 6.07) is 9.32. The van der Waals surface area contributed by atoms with Gasteiger partial charge in [0, 0.05) is 24.4 Å². The van der Waals surface area contributed by atoms with Gasteiger partial charge in [-0.1, -0.05) is 18.2 Å². The van der Waals surface area contributed by atoms with Gasteiger partial charge in [-0.2, -0.15) is 5.26 Å². The maximum Gasteiger partial charge on any atom is 0.231 e. The number of rotatable bonds is 3. The average molecular weight is 240 g/mol. The van der Waals surface area contributed by atoms with Crippen LogP contribution >= 0.6 is 0 Å². The molecule has 0 saturated heterocycles. The number of carbonyl (C=O) groups is 2. The topological polar surface area (TPSA) is 62.9 Å². The number of carbonyl (C=O) groups excluding carboxylic acids is 2. The molecule has 0 atom stereocenters. The van der Waals surface area contributed by atoms with Crippen molar-refractivity contribution >= 4 is 22.6 Å². The Morgan fingerprint density at radius 1 is 1.28 bits per heavy atom. The minimum Gasteiger partial charge on any atom is -0.300 e. The third-order valence-corrected chi connectivity index (χ3v) is 2.79. The van der Waals surface area contributed by atoms with E-state index in [0.717, 1.165) is 5.39 Å². The number of nitrogens with zero attached hydrogens (tertiary/aromatic N) is 2. The molecule has 0 fully saturated rings. The highest BCUT2D eigenvalue weighted by atomic mass is 16.2. The molecule has 2 rings (SSSR count). The smallest absolute Gasteiger partial charge is 0.231 e. The number of hydrogen-bond donors (Lipinski definition) is 0. The van der Waals surface area contributed by atoms with E-state index in [1.807, 2.05) is 18.2 Å². The maximum absolute atomic E-state index is 12.0. The van der Waals surface area contributed by atoms with Crippen LogP contribution in [0.3, 0.4) is 0 Å². The number of benzene rings is 1. The summed E-state index contributed by atoms with van der Waals surface area (Å²) >= 11 is 0. The molecule has 4 heteroatoms. The fourth-order valence-corrected chi connectivity index (χ4v) is 1.88. The molecule has 4 nitrogen and oxygen atoms in total. The Labute approximate surface area is 104 Å². The number of fused-ring (bicyclic) bond motifs is 1. The van der Waals surface area contributed by atoms with E-state index in [0.29, 0.717) is 11.1 Å². The van der Waals surface area contributed by atoms with Crippen LogP contribution in [0.4, 0.5) is 0 Å². The predicted octanol–water partition coefficient (Wildman–Crippen LogP) is 2.52. The molecule has 0 radical (unpaired) electrons. The number of nitriles is 1. The van der Waals surface area contributed by atoms with Crippen LogP contribution in [-0.4, -0.2) is 16.3 Å². The number of Topliss-reactive ketones (excluding diaryl/α,β-unsaturated/α-hetero) is 1. The monoisotopic (exact) mass is 240 g/mol. The molecule has 0 aliphatic heterocycles. The number of para-hydroxylation sites is 1. The van der Waals surface area contributed by atoms with Crippen molar-refractivity contribution in [2.45, 2.75) is 19.8 Å². The standard InChI is InChI=1S/C14H12N2O2/c1-10(17)6-7-14(18)16-9-11(8-15)12-4-2-3-5-13(12)16/h2-5,9H,6-7H2,1H3. The van der Waals surface area contributed by atoms with Gasteiger partial charge in [-0.3, -0.25) is 9.36 Å². The Hall–Kier alpha value is -2.41. The van der Waals surface area contributed by atoms with Crippen molar-refractivity contribution in [3.8, 4) is 6.07 Å². The molecule has 2 aromatic rings. The van der Waals surface area contributed by atoms with E-state index in [-0.39, 0.29) is 24.5 Å². The van der Waals surface area contributed by atoms with Gasteiger partial charge >= 0.3 is 0 Å². The molecule has 0 saturated carbocycles. The van der Waals surface area contributed by atoms with Crippen LogP contribution in [0.25, 0.3) is 10.9 Å². The quantitative estimate of drug-likeness (QED) is 0.828. The first-order valence-electron chi connectivity index (χ1n) is 5.66. The third-order valence-electron chi connectivity index (χ3n) is 2.79. The molecule has 18 heavy (non-hydrogen) atoms. The van der Waals surface area contributed by atoms with Crippen molar-refractivity contribution in [1.29, 1.82) is 5.26 Å². The molecule has 0 aliphatic carbocycles. The summed E-state index contributed by atoms with van der Waals surface area (Å²) in [6.07, 6.45) is 1.93. The summed E-state index contributed by atoms with van der Waals surface area (Å²) in [6.45, 7) is 1.46. The molecule has 0 bridgehead atoms. The van der Waals surface area contributed by atoms with E-state index in [1.54, 1.807) is 6.07 Å². The van der Waals surface area contributed by atoms with Gasteiger partial charge in [-0.05, 0) is 13.0 Å². The Balaban J connectivity index is 2.42. The van der Waals surface area contributed by atoms with Gasteiger partial charge in [0.1, 0.15) is 11.9 Å². The Morgan fingerprint density at radius 2 is 2.00 bits per heavy atom. The van der Waals surface area contributed by atoms with Crippen LogP contribution < -0.4 is 0 Å². The van der Waals surface area contributed by atoms with Crippen LogP contribution in [0, 0.1) is 11.3 Å². The van der Waals surface area contributed by atoms with E-state index < -0.39 is 0 Å². The first kappa shape index (κ1) is 12.1. The molecule has 0 amide bonds. The number of ketones is 1. The molecule has 0 unspecified atom stereocenters. The van der Waals surface area contributed by atoms with Crippen molar-refractivity contribution in [2.75, 3.05) is 0 Å². The van der Waals surface area contributed by atoms with E-state index in [1.165, 1.54) is 17.7 Å². The van der Waals surface area contributed by atoms with Gasteiger partial charge in [0.2, 0.25) is 5.91 Å². The average Bonchev–Trinajstić information content (AvgIpc) is 2.75. The van der Waals surface area contributed by atoms with Gasteiger partial charge in [0.25, 0.3) is 0 Å². The fourth-order valence-electron chi connectivity index (χ4n) is 1.88. The van der Waals surface area contributed by atoms with Crippen molar-refractivity contribution in [1.82, 2.24) is 4.57 Å². The van der Waals surface area contributed by atoms with E-state index in [9.17, 15) is 9.59 Å². The highest BCUT2D eigenvalue weighted by Gasteiger charge is 2.13. The lowest BCUT2D eigenvalue weighted by Crippen LogP contribution is -2.10. The zero-order chi connectivity index (χ0) is 13.1. The zero-order valence-electron chi connectivity index (χ0n) is 10.0. The van der Waals surface area contributed by atoms with Gasteiger partial charge in [0.05, 0.1) is 11.1 Å². The van der Waals surface area contributed by atoms with Crippen molar-refractivity contribution < 1.29 is 9.59 Å². The molecule has 0 N–H and O–H groups in total. The number of aromatic nitrogens is 1. The van der Waals surface area contributed by atoms with Crippen molar-refractivity contribution in [3.05, 3.63) is 36.0 Å². The normalized spacial score (nSPS) is 10.2. The summed E-state index contributed by atoms with van der Waals surface area (Å²) in [5.41, 5.74) is 1.18. The molecule has 0 aliphatic rings. The minimum atomic E-state index is -0.164. The van der Waals surface area contributed by atoms with Crippen LogP contribution in [0.2, 0.25) is 0 Å². The largest absolute Gasteiger partial charge is 0.300 e. The Bertz CT molecular complexity index is 662. The fraction of sp³-hybridized carbons (Fsp3) is 0.214. The van der Waals surface area contributed by atoms with Gasteiger partial charge in [-0.15, -0.1) is 0 Å². The summed E-state index contributed by atoms with van der Waals surface area (Å²) in [4.78, 5) is 22.9. The lowest BCUT2D eigenvalue weighted by Gasteiger charge is -2.02. The SMILES string of the molecule is CC(=O)CCC(=O)n1cc(C#N)c2ccccc21. The van der Waals surface area contributed by atoms with Crippen molar-refractivity contribution in [2.24, 2.45) is 0 Å². The lowest BCUT2D eigenvalue weighted by molar-refractivity contribution is -0.117. The molecule has 0 spiro atoms. The first-order chi connectivity index (χ1) is 8.63. The van der Waals surface area contributed by atoms with Crippen LogP contribution in [0.1, 0.15) is 30.1 Å². The molecule has 1 aromatic carbocycles. The van der Waals surface area contributed by atoms with Gasteiger partial charge in [-0.25, -0.2) is 0 Å². The Kier molecular flexibility index (Phi) is 3.24. The molecular formula is C14H12N2O2. The van der Waals surface area contributed by atoms with Crippen molar-refractivity contribution in [3.63, 3.8) is 0 Å².